The monoisotopic (exact) mass is 544 g/mol. The Morgan fingerprint density at radius 1 is 1.38 bits per heavy atom. The normalized spacial score (nSPS) is 23.0. The molecule has 1 amide bonds. The summed E-state index contributed by atoms with van der Waals surface area (Å²) < 4.78 is 20.9. The third kappa shape index (κ3) is 4.17. The van der Waals surface area contributed by atoms with Gasteiger partial charge in [0.2, 0.25) is 5.28 Å². The first kappa shape index (κ1) is 23.5. The number of carbonyl (C=O) groups is 1. The first-order chi connectivity index (χ1) is 15.0. The predicted molar refractivity (Wildman–Crippen MR) is 128 cm³/mol. The van der Waals surface area contributed by atoms with E-state index >= 15 is 0 Å². The number of anilines is 1. The van der Waals surface area contributed by atoms with Gasteiger partial charge in [0.25, 0.3) is 0 Å². The van der Waals surface area contributed by atoms with Crippen LogP contribution in [0.15, 0.2) is 23.2 Å². The molecule has 6 nitrogen and oxygen atoms in total. The van der Waals surface area contributed by atoms with E-state index in [2.05, 4.69) is 37.4 Å². The molecule has 1 unspecified atom stereocenters. The minimum absolute atomic E-state index is 0.0557. The number of benzene rings is 1. The average molecular weight is 546 g/mol. The molecule has 2 saturated heterocycles. The first-order valence-corrected chi connectivity index (χ1v) is 12.0. The van der Waals surface area contributed by atoms with E-state index in [0.717, 1.165) is 12.8 Å². The fourth-order valence-corrected chi connectivity index (χ4v) is 5.54. The number of fused-ring (bicyclic) bond motifs is 3. The largest absolute Gasteiger partial charge is 0.444 e. The summed E-state index contributed by atoms with van der Waals surface area (Å²) in [5.41, 5.74) is -0.493. The molecular formula is C22H24BrCl2FN4O2. The summed E-state index contributed by atoms with van der Waals surface area (Å²) >= 11 is 15.9. The molecule has 1 aromatic heterocycles. The minimum Gasteiger partial charge on any atom is -0.444 e. The lowest BCUT2D eigenvalue weighted by atomic mass is 9.99. The Balaban J connectivity index is 1.82. The summed E-state index contributed by atoms with van der Waals surface area (Å²) in [7, 11) is 0. The molecule has 2 aliphatic rings. The third-order valence-electron chi connectivity index (χ3n) is 5.85. The van der Waals surface area contributed by atoms with Crippen LogP contribution in [0.25, 0.3) is 10.9 Å². The van der Waals surface area contributed by atoms with Gasteiger partial charge in [0.1, 0.15) is 16.9 Å². The molecule has 2 bridgehead atoms. The maximum atomic E-state index is 14.7. The molecular weight excluding hydrogens is 522 g/mol. The van der Waals surface area contributed by atoms with Crippen LogP contribution in [-0.4, -0.2) is 51.2 Å². The lowest BCUT2D eigenvalue weighted by molar-refractivity contribution is 0.00767. The Kier molecular flexibility index (Phi) is 6.33. The van der Waals surface area contributed by atoms with E-state index in [0.29, 0.717) is 28.6 Å². The zero-order chi connectivity index (χ0) is 23.4. The molecule has 0 radical (unpaired) electrons. The lowest BCUT2D eigenvalue weighted by Crippen LogP contribution is -2.62. The van der Waals surface area contributed by atoms with Gasteiger partial charge in [-0.3, -0.25) is 4.90 Å². The third-order valence-corrected chi connectivity index (χ3v) is 7.37. The molecule has 0 N–H and O–H groups in total. The zero-order valence-corrected chi connectivity index (χ0v) is 21.1. The summed E-state index contributed by atoms with van der Waals surface area (Å²) in [5, 5.41) is 0.622. The van der Waals surface area contributed by atoms with Gasteiger partial charge in [-0.1, -0.05) is 17.7 Å². The number of nitrogens with zero attached hydrogens (tertiary/aromatic N) is 4. The molecule has 2 fully saturated rings. The lowest BCUT2D eigenvalue weighted by Gasteiger charge is -2.47. The summed E-state index contributed by atoms with van der Waals surface area (Å²) in [6, 6.07) is 0.893. The van der Waals surface area contributed by atoms with Crippen molar-refractivity contribution in [1.82, 2.24) is 14.9 Å². The van der Waals surface area contributed by atoms with Crippen molar-refractivity contribution in [3.63, 3.8) is 0 Å². The van der Waals surface area contributed by atoms with Gasteiger partial charge in [0.05, 0.1) is 28.5 Å². The van der Waals surface area contributed by atoms with Crippen LogP contribution in [0.4, 0.5) is 15.0 Å². The summed E-state index contributed by atoms with van der Waals surface area (Å²) in [6.45, 7) is 9.98. The van der Waals surface area contributed by atoms with Crippen LogP contribution in [-0.2, 0) is 4.74 Å². The van der Waals surface area contributed by atoms with Crippen molar-refractivity contribution in [3.05, 3.63) is 39.3 Å². The molecule has 32 heavy (non-hydrogen) atoms. The first-order valence-electron chi connectivity index (χ1n) is 10.4. The molecule has 3 atom stereocenters. The molecule has 0 spiro atoms. The van der Waals surface area contributed by atoms with Crippen molar-refractivity contribution in [2.45, 2.75) is 63.8 Å². The van der Waals surface area contributed by atoms with Crippen molar-refractivity contribution in [2.75, 3.05) is 11.4 Å². The summed E-state index contributed by atoms with van der Waals surface area (Å²) in [5.74, 6) is -0.0877. The second-order valence-corrected chi connectivity index (χ2v) is 10.7. The topological polar surface area (TPSA) is 58.6 Å². The Hall–Kier alpha value is -1.64. The molecule has 1 aromatic carbocycles. The molecule has 2 aromatic rings. The fourth-order valence-electron chi connectivity index (χ4n) is 4.70. The van der Waals surface area contributed by atoms with E-state index in [-0.39, 0.29) is 40.0 Å². The standard InChI is InChI=1S/C22H24BrCl2FN4O2/c1-5-6-14-15-8-7-11(30(15)21(31)32-22(2,3)4)10-29(14)19-16-17(23)12(24)9-13(26)18(16)27-20(25)28-19/h5,9,11,14-15H,1,6-8,10H2,2-4H3/t11-,14-,15?/m1/s1. The average Bonchev–Trinajstić information content (AvgIpc) is 3.02. The van der Waals surface area contributed by atoms with Crippen LogP contribution in [0, 0.1) is 5.82 Å². The van der Waals surface area contributed by atoms with Gasteiger partial charge in [0.15, 0.2) is 5.82 Å². The maximum absolute atomic E-state index is 14.7. The quantitative estimate of drug-likeness (QED) is 0.255. The van der Waals surface area contributed by atoms with E-state index in [4.69, 9.17) is 27.9 Å². The van der Waals surface area contributed by atoms with E-state index in [1.165, 1.54) is 6.07 Å². The predicted octanol–water partition coefficient (Wildman–Crippen LogP) is 6.37. The van der Waals surface area contributed by atoms with Crippen LogP contribution < -0.4 is 4.90 Å². The molecule has 2 aliphatic heterocycles. The molecule has 10 heteroatoms. The smallest absolute Gasteiger partial charge is 0.410 e. The summed E-state index contributed by atoms with van der Waals surface area (Å²) in [4.78, 5) is 25.5. The number of halogens is 4. The molecule has 4 rings (SSSR count). The maximum Gasteiger partial charge on any atom is 0.410 e. The van der Waals surface area contributed by atoms with Crippen molar-refractivity contribution >= 4 is 61.9 Å². The van der Waals surface area contributed by atoms with Gasteiger partial charge in [-0.25, -0.2) is 14.2 Å². The number of piperazine rings is 1. The molecule has 0 aliphatic carbocycles. The number of carbonyl (C=O) groups excluding carboxylic acids is 1. The van der Waals surface area contributed by atoms with Gasteiger partial charge >= 0.3 is 6.09 Å². The highest BCUT2D eigenvalue weighted by atomic mass is 79.9. The van der Waals surface area contributed by atoms with Crippen molar-refractivity contribution in [2.24, 2.45) is 0 Å². The number of hydrogen-bond acceptors (Lipinski definition) is 5. The van der Waals surface area contributed by atoms with E-state index < -0.39 is 11.4 Å². The van der Waals surface area contributed by atoms with Crippen LogP contribution in [0.5, 0.6) is 0 Å². The minimum atomic E-state index is -0.586. The number of ether oxygens (including phenoxy) is 1. The van der Waals surface area contributed by atoms with Crippen LogP contribution in [0.2, 0.25) is 10.3 Å². The Morgan fingerprint density at radius 3 is 2.75 bits per heavy atom. The van der Waals surface area contributed by atoms with Crippen molar-refractivity contribution < 1.29 is 13.9 Å². The van der Waals surface area contributed by atoms with Gasteiger partial charge in [-0.2, -0.15) is 4.98 Å². The van der Waals surface area contributed by atoms with Crippen molar-refractivity contribution in [1.29, 1.82) is 0 Å². The highest BCUT2D eigenvalue weighted by Gasteiger charge is 2.50. The Morgan fingerprint density at radius 2 is 2.09 bits per heavy atom. The van der Waals surface area contributed by atoms with E-state index in [1.807, 2.05) is 31.7 Å². The van der Waals surface area contributed by atoms with E-state index in [1.54, 1.807) is 0 Å². The second kappa shape index (κ2) is 8.61. The van der Waals surface area contributed by atoms with Gasteiger partial charge in [-0.05, 0) is 73.6 Å². The second-order valence-electron chi connectivity index (χ2n) is 9.12. The Bertz CT molecular complexity index is 1090. The molecule has 172 valence electrons. The highest BCUT2D eigenvalue weighted by molar-refractivity contribution is 9.10. The van der Waals surface area contributed by atoms with E-state index in [9.17, 15) is 9.18 Å². The van der Waals surface area contributed by atoms with Gasteiger partial charge < -0.3 is 9.64 Å². The zero-order valence-electron chi connectivity index (χ0n) is 18.0. The molecule has 0 saturated carbocycles. The summed E-state index contributed by atoms with van der Waals surface area (Å²) in [6.07, 6.45) is 3.75. The molecule has 3 heterocycles. The SMILES string of the molecule is C=CC[C@@H]1C2CC[C@H](CN1c1nc(Cl)nc3c(F)cc(Cl)c(Br)c13)N2C(=O)OC(C)(C)C. The number of aromatic nitrogens is 2. The highest BCUT2D eigenvalue weighted by Crippen LogP contribution is 2.43. The van der Waals surface area contributed by atoms with Crippen LogP contribution >= 0.6 is 39.1 Å². The van der Waals surface area contributed by atoms with Crippen LogP contribution in [0.3, 0.4) is 0 Å². The number of amides is 1. The fraction of sp³-hybridized carbons (Fsp3) is 0.500. The number of hydrogen-bond donors (Lipinski definition) is 0. The Labute approximate surface area is 204 Å². The van der Waals surface area contributed by atoms with Crippen LogP contribution in [0.1, 0.15) is 40.0 Å². The van der Waals surface area contributed by atoms with Gasteiger partial charge in [-0.15, -0.1) is 6.58 Å². The number of rotatable bonds is 3. The van der Waals surface area contributed by atoms with Gasteiger partial charge in [0, 0.05) is 11.0 Å². The van der Waals surface area contributed by atoms with Crippen molar-refractivity contribution in [3.8, 4) is 0 Å².